The summed E-state index contributed by atoms with van der Waals surface area (Å²) in [6, 6.07) is 8.10. The van der Waals surface area contributed by atoms with Gasteiger partial charge in [0.2, 0.25) is 5.91 Å². The summed E-state index contributed by atoms with van der Waals surface area (Å²) in [6.45, 7) is 3.40. The van der Waals surface area contributed by atoms with Crippen LogP contribution in [0, 0.1) is 0 Å². The van der Waals surface area contributed by atoms with Gasteiger partial charge in [-0.15, -0.1) is 0 Å². The summed E-state index contributed by atoms with van der Waals surface area (Å²) in [6.07, 6.45) is 0. The molecule has 1 unspecified atom stereocenters. The van der Waals surface area contributed by atoms with Gasteiger partial charge >= 0.3 is 0 Å². The van der Waals surface area contributed by atoms with Crippen molar-refractivity contribution in [1.82, 2.24) is 10.6 Å². The Morgan fingerprint density at radius 3 is 2.83 bits per heavy atom. The van der Waals surface area contributed by atoms with Crippen molar-refractivity contribution in [2.75, 3.05) is 26.8 Å². The number of hydrogen-bond acceptors (Lipinski definition) is 3. The topological polar surface area (TPSA) is 50.4 Å². The normalized spacial score (nSPS) is 12.2. The third kappa shape index (κ3) is 5.16. The molecule has 1 amide bonds. The number of nitrogens with one attached hydrogen (secondary N) is 2. The van der Waals surface area contributed by atoms with E-state index < -0.39 is 0 Å². The molecule has 1 atom stereocenters. The first-order chi connectivity index (χ1) is 8.65. The summed E-state index contributed by atoms with van der Waals surface area (Å²) in [5.41, 5.74) is 1.14. The van der Waals surface area contributed by atoms with E-state index in [0.29, 0.717) is 19.7 Å². The van der Waals surface area contributed by atoms with Crippen molar-refractivity contribution < 1.29 is 9.53 Å². The number of carbonyl (C=O) groups excluding carboxylic acids is 1. The molecular weight excluding hydrogens is 296 g/mol. The largest absolute Gasteiger partial charge is 0.383 e. The highest BCUT2D eigenvalue weighted by Gasteiger charge is 2.09. The van der Waals surface area contributed by atoms with Crippen molar-refractivity contribution in [3.8, 4) is 0 Å². The van der Waals surface area contributed by atoms with Crippen molar-refractivity contribution in [2.45, 2.75) is 13.0 Å². The van der Waals surface area contributed by atoms with Crippen LogP contribution in [-0.2, 0) is 9.53 Å². The van der Waals surface area contributed by atoms with Crippen LogP contribution in [0.1, 0.15) is 18.5 Å². The standard InChI is InChI=1S/C13H19BrN2O2/c1-10(11-5-3-4-6-12(11)14)16-9-13(17)15-7-8-18-2/h3-6,10,16H,7-9H2,1-2H3,(H,15,17). The second kappa shape index (κ2) is 8.24. The molecule has 0 radical (unpaired) electrons. The lowest BCUT2D eigenvalue weighted by Crippen LogP contribution is -2.36. The van der Waals surface area contributed by atoms with Crippen LogP contribution in [0.2, 0.25) is 0 Å². The molecule has 0 bridgehead atoms. The first kappa shape index (κ1) is 15.1. The molecule has 0 aromatic heterocycles. The number of carbonyl (C=O) groups is 1. The third-order valence-electron chi connectivity index (χ3n) is 2.57. The molecular formula is C13H19BrN2O2. The van der Waals surface area contributed by atoms with Crippen LogP contribution in [0.25, 0.3) is 0 Å². The van der Waals surface area contributed by atoms with E-state index in [0.717, 1.165) is 10.0 Å². The fourth-order valence-electron chi connectivity index (χ4n) is 1.54. The molecule has 0 aliphatic rings. The fraction of sp³-hybridized carbons (Fsp3) is 0.462. The second-order valence-corrected chi connectivity index (χ2v) is 4.82. The highest BCUT2D eigenvalue weighted by atomic mass is 79.9. The monoisotopic (exact) mass is 314 g/mol. The van der Waals surface area contributed by atoms with Crippen LogP contribution >= 0.6 is 15.9 Å². The Morgan fingerprint density at radius 1 is 1.44 bits per heavy atom. The molecule has 1 rings (SSSR count). The maximum atomic E-state index is 11.5. The highest BCUT2D eigenvalue weighted by Crippen LogP contribution is 2.22. The quantitative estimate of drug-likeness (QED) is 0.755. The van der Waals surface area contributed by atoms with Gasteiger partial charge in [0.15, 0.2) is 0 Å². The minimum Gasteiger partial charge on any atom is -0.383 e. The van der Waals surface area contributed by atoms with Crippen molar-refractivity contribution in [3.63, 3.8) is 0 Å². The molecule has 0 aliphatic heterocycles. The summed E-state index contributed by atoms with van der Waals surface area (Å²) in [4.78, 5) is 11.5. The lowest BCUT2D eigenvalue weighted by atomic mass is 10.1. The first-order valence-corrected chi connectivity index (χ1v) is 6.68. The van der Waals surface area contributed by atoms with Gasteiger partial charge in [0.05, 0.1) is 13.2 Å². The number of halogens is 1. The molecule has 1 aromatic carbocycles. The first-order valence-electron chi connectivity index (χ1n) is 5.88. The Bertz CT molecular complexity index is 385. The van der Waals surface area contributed by atoms with Gasteiger partial charge in [-0.05, 0) is 18.6 Å². The maximum absolute atomic E-state index is 11.5. The third-order valence-corrected chi connectivity index (χ3v) is 3.29. The highest BCUT2D eigenvalue weighted by molar-refractivity contribution is 9.10. The molecule has 0 spiro atoms. The SMILES string of the molecule is COCCNC(=O)CNC(C)c1ccccc1Br. The number of methoxy groups -OCH3 is 1. The molecule has 0 aliphatic carbocycles. The van der Waals surface area contributed by atoms with E-state index in [1.54, 1.807) is 7.11 Å². The van der Waals surface area contributed by atoms with Crippen LogP contribution < -0.4 is 10.6 Å². The summed E-state index contributed by atoms with van der Waals surface area (Å²) < 4.78 is 5.91. The maximum Gasteiger partial charge on any atom is 0.234 e. The summed E-state index contributed by atoms with van der Waals surface area (Å²) >= 11 is 3.50. The predicted octanol–water partition coefficient (Wildman–Crippen LogP) is 1.86. The van der Waals surface area contributed by atoms with Gasteiger partial charge in [0, 0.05) is 24.2 Å². The Morgan fingerprint density at radius 2 is 2.17 bits per heavy atom. The van der Waals surface area contributed by atoms with Crippen LogP contribution in [-0.4, -0.2) is 32.7 Å². The zero-order valence-corrected chi connectivity index (χ0v) is 12.3. The molecule has 4 nitrogen and oxygen atoms in total. The molecule has 1 aromatic rings. The van der Waals surface area contributed by atoms with Gasteiger partial charge in [-0.25, -0.2) is 0 Å². The van der Waals surface area contributed by atoms with Crippen LogP contribution in [0.5, 0.6) is 0 Å². The number of amides is 1. The zero-order chi connectivity index (χ0) is 13.4. The summed E-state index contributed by atoms with van der Waals surface area (Å²) in [5.74, 6) is -0.0223. The van der Waals surface area contributed by atoms with Crippen molar-refractivity contribution in [1.29, 1.82) is 0 Å². The van der Waals surface area contributed by atoms with Crippen LogP contribution in [0.3, 0.4) is 0 Å². The summed E-state index contributed by atoms with van der Waals surface area (Å²) in [5, 5.41) is 5.95. The van der Waals surface area contributed by atoms with Gasteiger partial charge in [0.1, 0.15) is 0 Å². The van der Waals surface area contributed by atoms with E-state index >= 15 is 0 Å². The number of hydrogen-bond donors (Lipinski definition) is 2. The van der Waals surface area contributed by atoms with Crippen LogP contribution in [0.4, 0.5) is 0 Å². The van der Waals surface area contributed by atoms with E-state index in [9.17, 15) is 4.79 Å². The molecule has 0 saturated carbocycles. The molecule has 0 saturated heterocycles. The van der Waals surface area contributed by atoms with Gasteiger partial charge in [-0.1, -0.05) is 34.1 Å². The molecule has 5 heteroatoms. The molecule has 0 heterocycles. The van der Waals surface area contributed by atoms with E-state index in [2.05, 4.69) is 26.6 Å². The molecule has 100 valence electrons. The van der Waals surface area contributed by atoms with Gasteiger partial charge in [-0.2, -0.15) is 0 Å². The second-order valence-electron chi connectivity index (χ2n) is 3.97. The fourth-order valence-corrected chi connectivity index (χ4v) is 2.17. The van der Waals surface area contributed by atoms with E-state index in [1.807, 2.05) is 31.2 Å². The van der Waals surface area contributed by atoms with E-state index in [-0.39, 0.29) is 11.9 Å². The number of ether oxygens (including phenoxy) is 1. The number of rotatable bonds is 7. The minimum atomic E-state index is -0.0223. The molecule has 18 heavy (non-hydrogen) atoms. The lowest BCUT2D eigenvalue weighted by Gasteiger charge is -2.15. The van der Waals surface area contributed by atoms with Gasteiger partial charge < -0.3 is 15.4 Å². The Kier molecular flexibility index (Phi) is 6.93. The Labute approximate surface area is 116 Å². The van der Waals surface area contributed by atoms with Gasteiger partial charge in [0.25, 0.3) is 0 Å². The minimum absolute atomic E-state index is 0.0223. The van der Waals surface area contributed by atoms with Crippen molar-refractivity contribution in [2.24, 2.45) is 0 Å². The van der Waals surface area contributed by atoms with Crippen molar-refractivity contribution in [3.05, 3.63) is 34.3 Å². The average molecular weight is 315 g/mol. The zero-order valence-electron chi connectivity index (χ0n) is 10.7. The smallest absolute Gasteiger partial charge is 0.234 e. The Balaban J connectivity index is 2.35. The average Bonchev–Trinajstić information content (AvgIpc) is 2.37. The predicted molar refractivity (Wildman–Crippen MR) is 75.4 cm³/mol. The summed E-state index contributed by atoms with van der Waals surface area (Å²) in [7, 11) is 1.61. The van der Waals surface area contributed by atoms with Crippen LogP contribution in [0.15, 0.2) is 28.7 Å². The Hall–Kier alpha value is -0.910. The van der Waals surface area contributed by atoms with E-state index in [4.69, 9.17) is 4.74 Å². The van der Waals surface area contributed by atoms with E-state index in [1.165, 1.54) is 0 Å². The molecule has 2 N–H and O–H groups in total. The molecule has 0 fully saturated rings. The lowest BCUT2D eigenvalue weighted by molar-refractivity contribution is -0.120. The number of benzene rings is 1. The van der Waals surface area contributed by atoms with Gasteiger partial charge in [-0.3, -0.25) is 4.79 Å². The van der Waals surface area contributed by atoms with Crippen molar-refractivity contribution >= 4 is 21.8 Å².